The number of aliphatic carboxylic acids is 1. The second-order valence-electron chi connectivity index (χ2n) is 2.85. The third kappa shape index (κ3) is 3.01. The molecule has 0 bridgehead atoms. The summed E-state index contributed by atoms with van der Waals surface area (Å²) in [5, 5.41) is 10.3. The molecule has 7 heteroatoms. The highest BCUT2D eigenvalue weighted by Gasteiger charge is 2.24. The van der Waals surface area contributed by atoms with E-state index in [1.165, 1.54) is 6.07 Å². The first-order valence-electron chi connectivity index (χ1n) is 4.26. The molecule has 0 saturated carbocycles. The summed E-state index contributed by atoms with van der Waals surface area (Å²) in [5.74, 6) is -1.17. The van der Waals surface area contributed by atoms with Gasteiger partial charge in [-0.2, -0.15) is 4.72 Å². The van der Waals surface area contributed by atoms with Crippen LogP contribution in [0, 0.1) is 0 Å². The zero-order chi connectivity index (χ0) is 11.5. The summed E-state index contributed by atoms with van der Waals surface area (Å²) in [6, 6.07) is 1.96. The third-order valence-corrected chi connectivity index (χ3v) is 4.63. The molecular weight excluding hydrogens is 238 g/mol. The summed E-state index contributed by atoms with van der Waals surface area (Å²) < 4.78 is 25.5. The first-order chi connectivity index (χ1) is 6.97. The molecule has 2 N–H and O–H groups in total. The monoisotopic (exact) mass is 249 g/mol. The highest BCUT2D eigenvalue weighted by atomic mass is 32.2. The molecule has 0 fully saturated rings. The predicted molar refractivity (Wildman–Crippen MR) is 56.4 cm³/mol. The van der Waals surface area contributed by atoms with E-state index in [0.717, 1.165) is 11.3 Å². The summed E-state index contributed by atoms with van der Waals surface area (Å²) in [7, 11) is -3.69. The summed E-state index contributed by atoms with van der Waals surface area (Å²) in [6.07, 6.45) is 0.208. The van der Waals surface area contributed by atoms with Crippen LogP contribution in [0.2, 0.25) is 0 Å². The lowest BCUT2D eigenvalue weighted by atomic mass is 10.2. The number of nitrogens with one attached hydrogen (secondary N) is 1. The minimum absolute atomic E-state index is 0.127. The van der Waals surface area contributed by atoms with Crippen LogP contribution >= 0.6 is 11.3 Å². The second kappa shape index (κ2) is 4.73. The molecule has 0 spiro atoms. The number of thiophene rings is 1. The van der Waals surface area contributed by atoms with E-state index >= 15 is 0 Å². The molecule has 0 unspecified atom stereocenters. The van der Waals surface area contributed by atoms with Crippen LogP contribution < -0.4 is 4.72 Å². The van der Waals surface area contributed by atoms with Crippen LogP contribution in [0.4, 0.5) is 0 Å². The molecule has 0 aliphatic rings. The highest BCUT2D eigenvalue weighted by molar-refractivity contribution is 7.91. The molecule has 0 aliphatic heterocycles. The van der Waals surface area contributed by atoms with Crippen LogP contribution in [-0.4, -0.2) is 25.5 Å². The third-order valence-electron chi connectivity index (χ3n) is 1.76. The number of hydrogen-bond acceptors (Lipinski definition) is 4. The molecule has 0 saturated heterocycles. The Morgan fingerprint density at radius 3 is 2.73 bits per heavy atom. The molecule has 1 aromatic heterocycles. The maximum absolute atomic E-state index is 11.6. The van der Waals surface area contributed by atoms with Gasteiger partial charge in [0, 0.05) is 0 Å². The normalized spacial score (nSPS) is 13.7. The molecule has 0 aliphatic carbocycles. The van der Waals surface area contributed by atoms with E-state index < -0.39 is 22.0 Å². The minimum Gasteiger partial charge on any atom is -0.480 e. The van der Waals surface area contributed by atoms with Gasteiger partial charge in [0.25, 0.3) is 10.0 Å². The molecule has 84 valence electrons. The van der Waals surface area contributed by atoms with Crippen molar-refractivity contribution in [3.63, 3.8) is 0 Å². The highest BCUT2D eigenvalue weighted by Crippen LogP contribution is 2.16. The smallest absolute Gasteiger partial charge is 0.321 e. The summed E-state index contributed by atoms with van der Waals surface area (Å²) >= 11 is 1.05. The molecule has 1 aromatic rings. The van der Waals surface area contributed by atoms with Crippen LogP contribution in [-0.2, 0) is 14.8 Å². The lowest BCUT2D eigenvalue weighted by Crippen LogP contribution is -2.39. The molecule has 15 heavy (non-hydrogen) atoms. The van der Waals surface area contributed by atoms with Crippen molar-refractivity contribution in [2.75, 3.05) is 0 Å². The zero-order valence-electron chi connectivity index (χ0n) is 8.00. The number of sulfonamides is 1. The van der Waals surface area contributed by atoms with E-state index in [2.05, 4.69) is 4.72 Å². The van der Waals surface area contributed by atoms with Gasteiger partial charge in [-0.3, -0.25) is 4.79 Å². The molecule has 1 rings (SSSR count). The van der Waals surface area contributed by atoms with Crippen molar-refractivity contribution in [2.45, 2.75) is 23.6 Å². The van der Waals surface area contributed by atoms with Gasteiger partial charge in [0.2, 0.25) is 0 Å². The molecular formula is C8H11NO4S2. The molecule has 0 aromatic carbocycles. The fraction of sp³-hybridized carbons (Fsp3) is 0.375. The maximum atomic E-state index is 11.6. The fourth-order valence-electron chi connectivity index (χ4n) is 0.970. The van der Waals surface area contributed by atoms with Crippen molar-refractivity contribution < 1.29 is 18.3 Å². The van der Waals surface area contributed by atoms with E-state index in [1.807, 2.05) is 0 Å². The van der Waals surface area contributed by atoms with Gasteiger partial charge in [-0.15, -0.1) is 11.3 Å². The number of rotatable bonds is 5. The van der Waals surface area contributed by atoms with Crippen molar-refractivity contribution in [3.05, 3.63) is 17.5 Å². The van der Waals surface area contributed by atoms with Gasteiger partial charge in [0.15, 0.2) is 0 Å². The van der Waals surface area contributed by atoms with Crippen molar-refractivity contribution in [1.82, 2.24) is 4.72 Å². The average molecular weight is 249 g/mol. The predicted octanol–water partition coefficient (Wildman–Crippen LogP) is 0.890. The van der Waals surface area contributed by atoms with E-state index in [-0.39, 0.29) is 10.6 Å². The minimum atomic E-state index is -3.69. The van der Waals surface area contributed by atoms with Gasteiger partial charge in [-0.05, 0) is 17.9 Å². The lowest BCUT2D eigenvalue weighted by molar-refractivity contribution is -0.139. The van der Waals surface area contributed by atoms with Gasteiger partial charge in [0.05, 0.1) is 0 Å². The Balaban J connectivity index is 2.86. The lowest BCUT2D eigenvalue weighted by Gasteiger charge is -2.11. The molecule has 5 nitrogen and oxygen atoms in total. The number of carboxylic acids is 1. The maximum Gasteiger partial charge on any atom is 0.321 e. The molecule has 1 atom stereocenters. The Hall–Kier alpha value is -0.920. The van der Waals surface area contributed by atoms with Gasteiger partial charge in [-0.1, -0.05) is 13.0 Å². The summed E-state index contributed by atoms with van der Waals surface area (Å²) in [6.45, 7) is 1.61. The van der Waals surface area contributed by atoms with Crippen LogP contribution in [0.3, 0.4) is 0 Å². The largest absolute Gasteiger partial charge is 0.480 e. The van der Waals surface area contributed by atoms with Crippen molar-refractivity contribution >= 4 is 27.3 Å². The zero-order valence-corrected chi connectivity index (χ0v) is 9.64. The van der Waals surface area contributed by atoms with Crippen LogP contribution in [0.15, 0.2) is 21.7 Å². The molecule has 0 amide bonds. The quantitative estimate of drug-likeness (QED) is 0.811. The molecule has 0 radical (unpaired) electrons. The van der Waals surface area contributed by atoms with E-state index in [9.17, 15) is 13.2 Å². The topological polar surface area (TPSA) is 83.5 Å². The Kier molecular flexibility index (Phi) is 3.83. The van der Waals surface area contributed by atoms with Gasteiger partial charge in [-0.25, -0.2) is 8.42 Å². The number of carbonyl (C=O) groups is 1. The van der Waals surface area contributed by atoms with Gasteiger partial charge < -0.3 is 5.11 Å². The van der Waals surface area contributed by atoms with E-state index in [0.29, 0.717) is 0 Å². The summed E-state index contributed by atoms with van der Waals surface area (Å²) in [4.78, 5) is 10.7. The van der Waals surface area contributed by atoms with Crippen LogP contribution in [0.1, 0.15) is 13.3 Å². The summed E-state index contributed by atoms with van der Waals surface area (Å²) in [5.41, 5.74) is 0. The van der Waals surface area contributed by atoms with Crippen LogP contribution in [0.25, 0.3) is 0 Å². The molecule has 1 heterocycles. The Morgan fingerprint density at radius 1 is 1.67 bits per heavy atom. The Labute approximate surface area is 91.8 Å². The van der Waals surface area contributed by atoms with E-state index in [1.54, 1.807) is 18.4 Å². The first-order valence-corrected chi connectivity index (χ1v) is 6.62. The first kappa shape index (κ1) is 12.2. The number of carboxylic acid groups (broad SMARTS) is 1. The van der Waals surface area contributed by atoms with Crippen LogP contribution in [0.5, 0.6) is 0 Å². The van der Waals surface area contributed by atoms with E-state index in [4.69, 9.17) is 5.11 Å². The van der Waals surface area contributed by atoms with Crippen molar-refractivity contribution in [3.8, 4) is 0 Å². The standard InChI is InChI=1S/C8H11NO4S2/c1-2-6(8(10)11)9-15(12,13)7-4-3-5-14-7/h3-6,9H,2H2,1H3,(H,10,11)/t6-/m0/s1. The second-order valence-corrected chi connectivity index (χ2v) is 5.74. The Morgan fingerprint density at radius 2 is 2.33 bits per heavy atom. The number of hydrogen-bond donors (Lipinski definition) is 2. The van der Waals surface area contributed by atoms with Gasteiger partial charge in [0.1, 0.15) is 10.3 Å². The van der Waals surface area contributed by atoms with Crippen molar-refractivity contribution in [1.29, 1.82) is 0 Å². The Bertz CT molecular complexity index is 424. The fourth-order valence-corrected chi connectivity index (χ4v) is 3.25. The average Bonchev–Trinajstić information content (AvgIpc) is 2.67. The van der Waals surface area contributed by atoms with Crippen molar-refractivity contribution in [2.24, 2.45) is 0 Å². The van der Waals surface area contributed by atoms with Gasteiger partial charge >= 0.3 is 5.97 Å². The SMILES string of the molecule is CC[C@H](NS(=O)(=O)c1cccs1)C(=O)O.